The van der Waals surface area contributed by atoms with E-state index in [1.807, 2.05) is 30.3 Å². The van der Waals surface area contributed by atoms with Gasteiger partial charge in [0.15, 0.2) is 0 Å². The molecular weight excluding hydrogens is 320 g/mol. The lowest BCUT2D eigenvalue weighted by Crippen LogP contribution is -2.46. The number of hydrogen-bond donors (Lipinski definition) is 1. The first-order chi connectivity index (χ1) is 12.2. The summed E-state index contributed by atoms with van der Waals surface area (Å²) in [6, 6.07) is 9.07. The molecule has 4 rings (SSSR count). The van der Waals surface area contributed by atoms with Crippen molar-refractivity contribution in [1.82, 2.24) is 20.4 Å². The molecule has 1 aliphatic heterocycles. The molecule has 25 heavy (non-hydrogen) atoms. The van der Waals surface area contributed by atoms with Gasteiger partial charge in [0, 0.05) is 5.56 Å². The lowest BCUT2D eigenvalue weighted by Gasteiger charge is -2.24. The molecule has 7 heteroatoms. The first-order valence-electron chi connectivity index (χ1n) is 8.70. The zero-order chi connectivity index (χ0) is 17.3. The number of amides is 3. The number of aromatic nitrogens is 2. The SMILES string of the molecule is O=C1NC2(CCCCCC2)C(=O)N1Cc1nc(-c2ccccc2)no1. The van der Waals surface area contributed by atoms with Gasteiger partial charge in [0.2, 0.25) is 11.7 Å². The van der Waals surface area contributed by atoms with E-state index < -0.39 is 5.54 Å². The van der Waals surface area contributed by atoms with Crippen LogP contribution in [0.15, 0.2) is 34.9 Å². The van der Waals surface area contributed by atoms with Gasteiger partial charge >= 0.3 is 6.03 Å². The summed E-state index contributed by atoms with van der Waals surface area (Å²) in [5.41, 5.74) is 0.0884. The van der Waals surface area contributed by atoms with E-state index >= 15 is 0 Å². The van der Waals surface area contributed by atoms with Gasteiger partial charge in [0.05, 0.1) is 0 Å². The molecule has 0 radical (unpaired) electrons. The number of nitrogens with one attached hydrogen (secondary N) is 1. The van der Waals surface area contributed by atoms with Gasteiger partial charge in [-0.3, -0.25) is 9.69 Å². The molecule has 2 aliphatic rings. The van der Waals surface area contributed by atoms with Gasteiger partial charge in [-0.2, -0.15) is 4.98 Å². The van der Waals surface area contributed by atoms with Crippen LogP contribution in [-0.4, -0.2) is 32.5 Å². The van der Waals surface area contributed by atoms with Crippen molar-refractivity contribution in [3.8, 4) is 11.4 Å². The zero-order valence-electron chi connectivity index (χ0n) is 13.9. The van der Waals surface area contributed by atoms with Crippen LogP contribution in [0.3, 0.4) is 0 Å². The third-order valence-electron chi connectivity index (χ3n) is 5.00. The average Bonchev–Trinajstić information content (AvgIpc) is 3.08. The van der Waals surface area contributed by atoms with Crippen molar-refractivity contribution < 1.29 is 14.1 Å². The molecule has 0 atom stereocenters. The zero-order valence-corrected chi connectivity index (χ0v) is 13.9. The topological polar surface area (TPSA) is 88.3 Å². The second kappa shape index (κ2) is 6.31. The highest BCUT2D eigenvalue weighted by Crippen LogP contribution is 2.33. The molecule has 2 aromatic rings. The normalized spacial score (nSPS) is 19.9. The van der Waals surface area contributed by atoms with Crippen molar-refractivity contribution in [2.24, 2.45) is 0 Å². The van der Waals surface area contributed by atoms with Crippen molar-refractivity contribution in [2.75, 3.05) is 0 Å². The van der Waals surface area contributed by atoms with Crippen LogP contribution in [0.5, 0.6) is 0 Å². The molecule has 7 nitrogen and oxygen atoms in total. The number of rotatable bonds is 3. The van der Waals surface area contributed by atoms with Crippen molar-refractivity contribution in [3.05, 3.63) is 36.2 Å². The lowest BCUT2D eigenvalue weighted by molar-refractivity contribution is -0.132. The molecule has 130 valence electrons. The van der Waals surface area contributed by atoms with Crippen molar-refractivity contribution in [3.63, 3.8) is 0 Å². The molecule has 1 spiro atoms. The Hall–Kier alpha value is -2.70. The summed E-state index contributed by atoms with van der Waals surface area (Å²) in [4.78, 5) is 30.8. The van der Waals surface area contributed by atoms with Crippen LogP contribution in [0, 0.1) is 0 Å². The van der Waals surface area contributed by atoms with Crippen LogP contribution in [0.2, 0.25) is 0 Å². The van der Waals surface area contributed by atoms with E-state index in [4.69, 9.17) is 4.52 Å². The van der Waals surface area contributed by atoms with Crippen LogP contribution < -0.4 is 5.32 Å². The minimum absolute atomic E-state index is 0.00620. The summed E-state index contributed by atoms with van der Waals surface area (Å²) in [7, 11) is 0. The van der Waals surface area contributed by atoms with Crippen LogP contribution in [0.25, 0.3) is 11.4 Å². The van der Waals surface area contributed by atoms with E-state index in [2.05, 4.69) is 15.5 Å². The molecule has 1 aliphatic carbocycles. The third-order valence-corrected chi connectivity index (χ3v) is 5.00. The number of nitrogens with zero attached hydrogens (tertiary/aromatic N) is 3. The van der Waals surface area contributed by atoms with Crippen LogP contribution >= 0.6 is 0 Å². The number of carbonyl (C=O) groups is 2. The van der Waals surface area contributed by atoms with E-state index in [9.17, 15) is 9.59 Å². The molecule has 1 saturated heterocycles. The maximum atomic E-state index is 12.9. The first-order valence-corrected chi connectivity index (χ1v) is 8.70. The minimum atomic E-state index is -0.740. The smallest absolute Gasteiger partial charge is 0.325 e. The van der Waals surface area contributed by atoms with E-state index in [1.54, 1.807) is 0 Å². The summed E-state index contributed by atoms with van der Waals surface area (Å²) in [5, 5.41) is 6.86. The Morgan fingerprint density at radius 2 is 1.80 bits per heavy atom. The maximum absolute atomic E-state index is 12.9. The number of imide groups is 1. The molecule has 0 bridgehead atoms. The molecule has 1 aromatic carbocycles. The number of benzene rings is 1. The Kier molecular flexibility index (Phi) is 3.99. The van der Waals surface area contributed by atoms with Gasteiger partial charge in [0.1, 0.15) is 12.1 Å². The Morgan fingerprint density at radius 1 is 1.08 bits per heavy atom. The standard InChI is InChI=1S/C18H20N4O3/c23-16-18(10-6-1-2-7-11-18)20-17(24)22(16)12-14-19-15(21-25-14)13-8-4-3-5-9-13/h3-5,8-9H,1-2,6-7,10-12H2,(H,20,24). The summed E-state index contributed by atoms with van der Waals surface area (Å²) in [6.45, 7) is 0.00620. The number of hydrogen-bond acceptors (Lipinski definition) is 5. The predicted octanol–water partition coefficient (Wildman–Crippen LogP) is 2.88. The highest BCUT2D eigenvalue weighted by atomic mass is 16.5. The van der Waals surface area contributed by atoms with Gasteiger partial charge in [-0.1, -0.05) is 61.2 Å². The Balaban J connectivity index is 1.52. The average molecular weight is 340 g/mol. The fourth-order valence-electron chi connectivity index (χ4n) is 3.65. The van der Waals surface area contributed by atoms with Crippen LogP contribution in [0.4, 0.5) is 4.79 Å². The van der Waals surface area contributed by atoms with Gasteiger partial charge in [-0.15, -0.1) is 0 Å². The van der Waals surface area contributed by atoms with Crippen molar-refractivity contribution >= 4 is 11.9 Å². The number of urea groups is 1. The second-order valence-electron chi connectivity index (χ2n) is 6.70. The van der Waals surface area contributed by atoms with Crippen molar-refractivity contribution in [2.45, 2.75) is 50.6 Å². The van der Waals surface area contributed by atoms with E-state index in [-0.39, 0.29) is 24.4 Å². The molecule has 1 saturated carbocycles. The Morgan fingerprint density at radius 3 is 2.52 bits per heavy atom. The quantitative estimate of drug-likeness (QED) is 0.868. The molecule has 3 amide bonds. The predicted molar refractivity (Wildman–Crippen MR) is 89.2 cm³/mol. The van der Waals surface area contributed by atoms with Crippen molar-refractivity contribution in [1.29, 1.82) is 0 Å². The first kappa shape index (κ1) is 15.8. The highest BCUT2D eigenvalue weighted by molar-refractivity contribution is 6.06. The molecule has 2 heterocycles. The third kappa shape index (κ3) is 2.90. The summed E-state index contributed by atoms with van der Waals surface area (Å²) < 4.78 is 5.24. The largest absolute Gasteiger partial charge is 0.337 e. The second-order valence-corrected chi connectivity index (χ2v) is 6.70. The fourth-order valence-corrected chi connectivity index (χ4v) is 3.65. The maximum Gasteiger partial charge on any atom is 0.325 e. The highest BCUT2D eigenvalue weighted by Gasteiger charge is 2.51. The van der Waals surface area contributed by atoms with Crippen LogP contribution in [-0.2, 0) is 11.3 Å². The van der Waals surface area contributed by atoms with E-state index in [0.29, 0.717) is 18.7 Å². The molecule has 2 fully saturated rings. The summed E-state index contributed by atoms with van der Waals surface area (Å²) >= 11 is 0. The monoisotopic (exact) mass is 340 g/mol. The number of carbonyl (C=O) groups excluding carboxylic acids is 2. The summed E-state index contributed by atoms with van der Waals surface area (Å²) in [6.07, 6.45) is 5.53. The Labute approximate surface area is 145 Å². The van der Waals surface area contributed by atoms with Gasteiger partial charge in [0.25, 0.3) is 5.91 Å². The molecule has 0 unspecified atom stereocenters. The van der Waals surface area contributed by atoms with E-state index in [0.717, 1.165) is 31.2 Å². The van der Waals surface area contributed by atoms with Gasteiger partial charge in [-0.25, -0.2) is 4.79 Å². The minimum Gasteiger partial charge on any atom is -0.337 e. The lowest BCUT2D eigenvalue weighted by atomic mass is 9.90. The van der Waals surface area contributed by atoms with Crippen LogP contribution in [0.1, 0.15) is 44.4 Å². The molecule has 1 aromatic heterocycles. The Bertz CT molecular complexity index is 779. The van der Waals surface area contributed by atoms with E-state index in [1.165, 1.54) is 4.90 Å². The van der Waals surface area contributed by atoms with Gasteiger partial charge < -0.3 is 9.84 Å². The summed E-state index contributed by atoms with van der Waals surface area (Å²) in [5.74, 6) is 0.540. The fraction of sp³-hybridized carbons (Fsp3) is 0.444. The van der Waals surface area contributed by atoms with Gasteiger partial charge in [-0.05, 0) is 12.8 Å². The molecule has 1 N–H and O–H groups in total. The molecular formula is C18H20N4O3.